The number of carbonyl (C=O) groups excluding carboxylic acids is 1. The van der Waals surface area contributed by atoms with Crippen LogP contribution in [0.15, 0.2) is 0 Å². The summed E-state index contributed by atoms with van der Waals surface area (Å²) in [7, 11) is 0. The van der Waals surface area contributed by atoms with Crippen molar-refractivity contribution in [1.82, 2.24) is 5.32 Å². The monoisotopic (exact) mass is 383 g/mol. The lowest BCUT2D eigenvalue weighted by molar-refractivity contribution is -0.125. The van der Waals surface area contributed by atoms with E-state index in [4.69, 9.17) is 4.74 Å². The van der Waals surface area contributed by atoms with Gasteiger partial charge in [-0.15, -0.1) is 0 Å². The number of hydrogen-bond donors (Lipinski definition) is 1. The second-order valence-corrected chi connectivity index (χ2v) is 11.0. The molecule has 0 aliphatic carbocycles. The first kappa shape index (κ1) is 26.6. The standard InChI is InChI=1S/C24H49NO2/c1-11-24(10,21(26)15-13-12-14-16-27-19(2)3)25-18-20(23(7,8)9)17-22(4,5)6/h19-20,25H,11-18H2,1-10H3. The lowest BCUT2D eigenvalue weighted by Gasteiger charge is -2.39. The predicted molar refractivity (Wildman–Crippen MR) is 118 cm³/mol. The molecule has 0 aliphatic rings. The Hall–Kier alpha value is -0.410. The van der Waals surface area contributed by atoms with E-state index in [0.717, 1.165) is 45.3 Å². The average Bonchev–Trinajstić information content (AvgIpc) is 2.51. The molecule has 0 rings (SSSR count). The maximum atomic E-state index is 12.9. The summed E-state index contributed by atoms with van der Waals surface area (Å²) in [5, 5.41) is 3.67. The summed E-state index contributed by atoms with van der Waals surface area (Å²) in [6.07, 6.45) is 6.03. The molecule has 1 N–H and O–H groups in total. The van der Waals surface area contributed by atoms with Crippen molar-refractivity contribution >= 4 is 5.78 Å². The molecule has 0 amide bonds. The third-order valence-corrected chi connectivity index (χ3v) is 5.64. The van der Waals surface area contributed by atoms with Crippen molar-refractivity contribution in [1.29, 1.82) is 0 Å². The first-order valence-corrected chi connectivity index (χ1v) is 11.1. The topological polar surface area (TPSA) is 38.3 Å². The normalized spacial score (nSPS) is 16.4. The minimum Gasteiger partial charge on any atom is -0.379 e. The molecule has 0 radical (unpaired) electrons. The van der Waals surface area contributed by atoms with Gasteiger partial charge in [-0.3, -0.25) is 4.79 Å². The van der Waals surface area contributed by atoms with Gasteiger partial charge in [0.2, 0.25) is 0 Å². The van der Waals surface area contributed by atoms with E-state index in [1.54, 1.807) is 0 Å². The van der Waals surface area contributed by atoms with Gasteiger partial charge in [0.05, 0.1) is 11.6 Å². The van der Waals surface area contributed by atoms with E-state index in [9.17, 15) is 4.79 Å². The summed E-state index contributed by atoms with van der Waals surface area (Å²) in [6, 6.07) is 0. The molecule has 0 saturated carbocycles. The minimum atomic E-state index is -0.407. The number of hydrogen-bond acceptors (Lipinski definition) is 3. The maximum absolute atomic E-state index is 12.9. The zero-order valence-electron chi connectivity index (χ0n) is 20.1. The third kappa shape index (κ3) is 11.9. The predicted octanol–water partition coefficient (Wildman–Crippen LogP) is 6.40. The Balaban J connectivity index is 4.60. The quantitative estimate of drug-likeness (QED) is 0.374. The number of carbonyl (C=O) groups is 1. The van der Waals surface area contributed by atoms with Gasteiger partial charge in [-0.25, -0.2) is 0 Å². The van der Waals surface area contributed by atoms with Crippen molar-refractivity contribution in [3.05, 3.63) is 0 Å². The highest BCUT2D eigenvalue weighted by atomic mass is 16.5. The lowest BCUT2D eigenvalue weighted by atomic mass is 9.72. The summed E-state index contributed by atoms with van der Waals surface area (Å²) in [5.41, 5.74) is 0.120. The van der Waals surface area contributed by atoms with Crippen LogP contribution in [0.1, 0.15) is 108 Å². The first-order valence-electron chi connectivity index (χ1n) is 11.1. The van der Waals surface area contributed by atoms with Gasteiger partial charge in [-0.1, -0.05) is 54.9 Å². The fourth-order valence-corrected chi connectivity index (χ4v) is 3.35. The van der Waals surface area contributed by atoms with E-state index < -0.39 is 5.54 Å². The highest BCUT2D eigenvalue weighted by Crippen LogP contribution is 2.36. The molecule has 0 aromatic rings. The molecule has 162 valence electrons. The van der Waals surface area contributed by atoms with Crippen molar-refractivity contribution in [2.75, 3.05) is 13.2 Å². The van der Waals surface area contributed by atoms with Crippen LogP contribution in [-0.4, -0.2) is 30.6 Å². The Morgan fingerprint density at radius 2 is 1.56 bits per heavy atom. The highest BCUT2D eigenvalue weighted by Gasteiger charge is 2.34. The van der Waals surface area contributed by atoms with E-state index in [-0.39, 0.29) is 5.41 Å². The Bertz CT molecular complexity index is 417. The molecule has 0 heterocycles. The smallest absolute Gasteiger partial charge is 0.152 e. The number of ketones is 1. The molecule has 27 heavy (non-hydrogen) atoms. The minimum absolute atomic E-state index is 0.231. The van der Waals surface area contributed by atoms with Crippen LogP contribution >= 0.6 is 0 Å². The summed E-state index contributed by atoms with van der Waals surface area (Å²) < 4.78 is 5.58. The molecule has 0 saturated heterocycles. The van der Waals surface area contributed by atoms with Crippen LogP contribution < -0.4 is 5.32 Å². The molecule has 3 heteroatoms. The van der Waals surface area contributed by atoms with Crippen molar-refractivity contribution in [2.45, 2.75) is 119 Å². The Morgan fingerprint density at radius 1 is 0.963 bits per heavy atom. The molecule has 0 aromatic heterocycles. The molecule has 3 nitrogen and oxygen atoms in total. The second-order valence-electron chi connectivity index (χ2n) is 11.0. The number of Topliss-reactive ketones (excluding diaryl/α,β-unsaturated/α-hetero) is 1. The average molecular weight is 384 g/mol. The Labute approximate surface area is 170 Å². The fourth-order valence-electron chi connectivity index (χ4n) is 3.35. The van der Waals surface area contributed by atoms with Gasteiger partial charge in [-0.2, -0.15) is 0 Å². The zero-order chi connectivity index (χ0) is 21.3. The van der Waals surface area contributed by atoms with Gasteiger partial charge < -0.3 is 10.1 Å². The molecule has 0 aliphatic heterocycles. The van der Waals surface area contributed by atoms with E-state index in [1.165, 1.54) is 0 Å². The van der Waals surface area contributed by atoms with Crippen molar-refractivity contribution < 1.29 is 9.53 Å². The van der Waals surface area contributed by atoms with Crippen LogP contribution in [0, 0.1) is 16.7 Å². The van der Waals surface area contributed by atoms with Crippen LogP contribution in [0.2, 0.25) is 0 Å². The molecule has 2 unspecified atom stereocenters. The third-order valence-electron chi connectivity index (χ3n) is 5.64. The van der Waals surface area contributed by atoms with E-state index in [2.05, 4.69) is 74.6 Å². The van der Waals surface area contributed by atoms with Gasteiger partial charge in [0, 0.05) is 13.0 Å². The van der Waals surface area contributed by atoms with E-state index in [1.807, 2.05) is 0 Å². The number of unbranched alkanes of at least 4 members (excludes halogenated alkanes) is 2. The van der Waals surface area contributed by atoms with Gasteiger partial charge in [0.15, 0.2) is 5.78 Å². The molecule has 0 spiro atoms. The van der Waals surface area contributed by atoms with Crippen LogP contribution in [0.5, 0.6) is 0 Å². The van der Waals surface area contributed by atoms with Crippen molar-refractivity contribution in [2.24, 2.45) is 16.7 Å². The van der Waals surface area contributed by atoms with E-state index in [0.29, 0.717) is 29.6 Å². The van der Waals surface area contributed by atoms with Crippen LogP contribution in [0.3, 0.4) is 0 Å². The maximum Gasteiger partial charge on any atom is 0.152 e. The lowest BCUT2D eigenvalue weighted by Crippen LogP contribution is -2.52. The molecular weight excluding hydrogens is 334 g/mol. The first-order chi connectivity index (χ1) is 12.2. The zero-order valence-corrected chi connectivity index (χ0v) is 20.1. The SMILES string of the molecule is CCC(C)(NCC(CC(C)(C)C)C(C)(C)C)C(=O)CCCCCOC(C)C. The molecular formula is C24H49NO2. The summed E-state index contributed by atoms with van der Waals surface area (Å²) in [4.78, 5) is 12.9. The van der Waals surface area contributed by atoms with Crippen molar-refractivity contribution in [3.63, 3.8) is 0 Å². The second kappa shape index (κ2) is 11.6. The Kier molecular flexibility index (Phi) is 11.4. The number of rotatable bonds is 13. The van der Waals surface area contributed by atoms with Crippen molar-refractivity contribution in [3.8, 4) is 0 Å². The highest BCUT2D eigenvalue weighted by molar-refractivity contribution is 5.87. The van der Waals surface area contributed by atoms with Crippen LogP contribution in [0.25, 0.3) is 0 Å². The number of ether oxygens (including phenoxy) is 1. The molecule has 2 atom stereocenters. The van der Waals surface area contributed by atoms with Gasteiger partial charge >= 0.3 is 0 Å². The Morgan fingerprint density at radius 3 is 2.00 bits per heavy atom. The summed E-state index contributed by atoms with van der Waals surface area (Å²) in [5.74, 6) is 0.905. The van der Waals surface area contributed by atoms with Gasteiger partial charge in [0.25, 0.3) is 0 Å². The largest absolute Gasteiger partial charge is 0.379 e. The van der Waals surface area contributed by atoms with Gasteiger partial charge in [-0.05, 0) is 69.7 Å². The summed E-state index contributed by atoms with van der Waals surface area (Å²) in [6.45, 7) is 23.9. The molecule has 0 bridgehead atoms. The summed E-state index contributed by atoms with van der Waals surface area (Å²) >= 11 is 0. The number of nitrogens with one attached hydrogen (secondary N) is 1. The molecule has 0 aromatic carbocycles. The van der Waals surface area contributed by atoms with Gasteiger partial charge in [0.1, 0.15) is 0 Å². The van der Waals surface area contributed by atoms with Crippen LogP contribution in [0.4, 0.5) is 0 Å². The van der Waals surface area contributed by atoms with E-state index >= 15 is 0 Å². The molecule has 0 fully saturated rings. The van der Waals surface area contributed by atoms with Crippen LogP contribution in [-0.2, 0) is 9.53 Å². The fraction of sp³-hybridized carbons (Fsp3) is 0.958.